The molecule has 39 heavy (non-hydrogen) atoms. The first-order valence-corrected chi connectivity index (χ1v) is 14.5. The van der Waals surface area contributed by atoms with Gasteiger partial charge in [-0.25, -0.2) is 17.8 Å². The average molecular weight is 569 g/mol. The number of nitrogens with one attached hydrogen (secondary N) is 1. The lowest BCUT2D eigenvalue weighted by molar-refractivity contribution is -0.119. The van der Waals surface area contributed by atoms with E-state index >= 15 is 0 Å². The largest absolute Gasteiger partial charge is 0.469 e. The highest BCUT2D eigenvalue weighted by Gasteiger charge is 2.60. The lowest BCUT2D eigenvalue weighted by Gasteiger charge is -2.20. The highest BCUT2D eigenvalue weighted by Crippen LogP contribution is 2.60. The van der Waals surface area contributed by atoms with Crippen molar-refractivity contribution in [2.45, 2.75) is 49.4 Å². The third-order valence-electron chi connectivity index (χ3n) is 7.59. The highest BCUT2D eigenvalue weighted by atomic mass is 35.5. The minimum Gasteiger partial charge on any atom is -0.469 e. The minimum atomic E-state index is -3.53. The van der Waals surface area contributed by atoms with Crippen LogP contribution in [0.4, 0.5) is 21.6 Å². The quantitative estimate of drug-likeness (QED) is 0.301. The molecule has 1 spiro atoms. The predicted octanol–water partition coefficient (Wildman–Crippen LogP) is 5.77. The SMILES string of the molecule is CC(Oc1ncc(N2C(=O)C3(CC3)c3cc4c(NS(=O)(=O)C5CC5)noc4cc32)cc1Cl)c1ccc(F)cc1. The second-order valence-electron chi connectivity index (χ2n) is 10.3. The molecule has 2 aliphatic carbocycles. The van der Waals surface area contributed by atoms with E-state index in [1.807, 2.05) is 0 Å². The monoisotopic (exact) mass is 568 g/mol. The molecule has 7 rings (SSSR count). The van der Waals surface area contributed by atoms with Gasteiger partial charge in [-0.3, -0.25) is 14.4 Å². The zero-order valence-electron chi connectivity index (χ0n) is 20.6. The number of anilines is 3. The van der Waals surface area contributed by atoms with E-state index in [-0.39, 0.29) is 28.4 Å². The van der Waals surface area contributed by atoms with Crippen molar-refractivity contribution in [3.05, 3.63) is 70.6 Å². The average Bonchev–Trinajstić information content (AvgIpc) is 3.83. The third-order valence-corrected chi connectivity index (χ3v) is 9.69. The van der Waals surface area contributed by atoms with Crippen LogP contribution >= 0.6 is 11.6 Å². The molecule has 1 N–H and O–H groups in total. The zero-order chi connectivity index (χ0) is 27.1. The molecule has 2 fully saturated rings. The fraction of sp³-hybridized carbons (Fsp3) is 0.296. The Kier molecular flexibility index (Phi) is 5.24. The molecule has 2 saturated carbocycles. The number of hydrogen-bond acceptors (Lipinski definition) is 7. The van der Waals surface area contributed by atoms with Crippen molar-refractivity contribution >= 4 is 55.7 Å². The summed E-state index contributed by atoms with van der Waals surface area (Å²) in [4.78, 5) is 19.6. The van der Waals surface area contributed by atoms with Crippen molar-refractivity contribution in [2.24, 2.45) is 0 Å². The summed E-state index contributed by atoms with van der Waals surface area (Å²) >= 11 is 6.54. The second kappa shape index (κ2) is 8.40. The Morgan fingerprint density at radius 1 is 1.21 bits per heavy atom. The number of sulfonamides is 1. The summed E-state index contributed by atoms with van der Waals surface area (Å²) < 4.78 is 52.2. The zero-order valence-corrected chi connectivity index (χ0v) is 22.2. The van der Waals surface area contributed by atoms with Gasteiger partial charge < -0.3 is 9.26 Å². The van der Waals surface area contributed by atoms with Crippen LogP contribution in [-0.2, 0) is 20.2 Å². The molecule has 2 aromatic heterocycles. The van der Waals surface area contributed by atoms with Crippen molar-refractivity contribution < 1.29 is 26.9 Å². The molecule has 1 atom stereocenters. The molecule has 12 heteroatoms. The van der Waals surface area contributed by atoms with Gasteiger partial charge in [-0.2, -0.15) is 0 Å². The Morgan fingerprint density at radius 2 is 1.95 bits per heavy atom. The van der Waals surface area contributed by atoms with Crippen LogP contribution in [0.1, 0.15) is 49.8 Å². The maximum atomic E-state index is 13.7. The first kappa shape index (κ1) is 24.3. The maximum absolute atomic E-state index is 13.7. The molecule has 3 heterocycles. The summed E-state index contributed by atoms with van der Waals surface area (Å²) in [5.74, 6) is -0.135. The molecule has 2 aromatic carbocycles. The van der Waals surface area contributed by atoms with Gasteiger partial charge in [-0.1, -0.05) is 28.9 Å². The number of halogens is 2. The molecule has 9 nitrogen and oxygen atoms in total. The van der Waals surface area contributed by atoms with Crippen LogP contribution in [0.25, 0.3) is 11.0 Å². The van der Waals surface area contributed by atoms with Crippen LogP contribution in [0, 0.1) is 5.82 Å². The van der Waals surface area contributed by atoms with Gasteiger partial charge in [-0.15, -0.1) is 0 Å². The van der Waals surface area contributed by atoms with Gasteiger partial charge in [0.1, 0.15) is 16.9 Å². The molecule has 0 saturated heterocycles. The number of fused-ring (bicyclic) bond motifs is 3. The first-order valence-electron chi connectivity index (χ1n) is 12.5. The topological polar surface area (TPSA) is 115 Å². The van der Waals surface area contributed by atoms with Crippen molar-refractivity contribution in [3.8, 4) is 5.88 Å². The lowest BCUT2D eigenvalue weighted by Crippen LogP contribution is -2.28. The van der Waals surface area contributed by atoms with E-state index in [0.29, 0.717) is 48.0 Å². The van der Waals surface area contributed by atoms with E-state index in [1.165, 1.54) is 18.3 Å². The Morgan fingerprint density at radius 3 is 2.62 bits per heavy atom. The molecule has 1 aliphatic heterocycles. The maximum Gasteiger partial charge on any atom is 0.242 e. The highest BCUT2D eigenvalue weighted by molar-refractivity contribution is 7.93. The van der Waals surface area contributed by atoms with Gasteiger partial charge >= 0.3 is 0 Å². The molecular formula is C27H22ClFN4O5S. The minimum absolute atomic E-state index is 0.107. The first-order chi connectivity index (χ1) is 18.7. The number of benzene rings is 2. The molecule has 4 aromatic rings. The van der Waals surface area contributed by atoms with Gasteiger partial charge in [0.05, 0.1) is 33.6 Å². The number of amides is 1. The van der Waals surface area contributed by atoms with E-state index in [4.69, 9.17) is 20.9 Å². The Bertz CT molecular complexity index is 1770. The number of pyridine rings is 1. The fourth-order valence-corrected chi connectivity index (χ4v) is 6.65. The van der Waals surface area contributed by atoms with Crippen LogP contribution in [-0.4, -0.2) is 29.7 Å². The third kappa shape index (κ3) is 3.94. The lowest BCUT2D eigenvalue weighted by atomic mass is 9.96. The van der Waals surface area contributed by atoms with Crippen LogP contribution in [0.15, 0.2) is 53.2 Å². The fourth-order valence-electron chi connectivity index (χ4n) is 5.11. The van der Waals surface area contributed by atoms with Crippen LogP contribution in [0.5, 0.6) is 5.88 Å². The molecule has 1 amide bonds. The molecule has 1 unspecified atom stereocenters. The van der Waals surface area contributed by atoms with Crippen LogP contribution < -0.4 is 14.4 Å². The van der Waals surface area contributed by atoms with Gasteiger partial charge in [0.25, 0.3) is 0 Å². The van der Waals surface area contributed by atoms with E-state index in [1.54, 1.807) is 42.2 Å². The van der Waals surface area contributed by atoms with Gasteiger partial charge in [0.15, 0.2) is 11.4 Å². The van der Waals surface area contributed by atoms with Crippen molar-refractivity contribution in [1.82, 2.24) is 10.1 Å². The Balaban J connectivity index is 1.22. The number of carbonyl (C=O) groups is 1. The van der Waals surface area contributed by atoms with E-state index in [2.05, 4.69) is 14.9 Å². The number of aromatic nitrogens is 2. The number of rotatable bonds is 7. The predicted molar refractivity (Wildman–Crippen MR) is 142 cm³/mol. The summed E-state index contributed by atoms with van der Waals surface area (Å²) in [6, 6.07) is 11.1. The Hall–Kier alpha value is -3.70. The van der Waals surface area contributed by atoms with Gasteiger partial charge in [0.2, 0.25) is 21.8 Å². The standard InChI is InChI=1S/C27H22ClFN4O5S/c1-14(15-2-4-16(29)5-3-15)37-25-21(28)10-17(13-30-25)33-22-12-23-19(11-20(22)27(8-9-27)26(33)34)24(31-38-23)32-39(35,36)18-6-7-18/h2-5,10-14,18H,6-9H2,1H3,(H,31,32). The van der Waals surface area contributed by atoms with Crippen molar-refractivity contribution in [2.75, 3.05) is 9.62 Å². The summed E-state index contributed by atoms with van der Waals surface area (Å²) in [5.41, 5.74) is 2.29. The number of hydrogen-bond donors (Lipinski definition) is 1. The molecule has 3 aliphatic rings. The summed E-state index contributed by atoms with van der Waals surface area (Å²) in [5, 5.41) is 4.27. The normalized spacial score (nSPS) is 18.4. The van der Waals surface area contributed by atoms with Crippen LogP contribution in [0.3, 0.4) is 0 Å². The molecule has 0 bridgehead atoms. The smallest absolute Gasteiger partial charge is 0.242 e. The van der Waals surface area contributed by atoms with E-state index < -0.39 is 26.8 Å². The second-order valence-corrected chi connectivity index (χ2v) is 12.6. The Labute approximate surface area is 227 Å². The summed E-state index contributed by atoms with van der Waals surface area (Å²) in [7, 11) is -3.53. The van der Waals surface area contributed by atoms with Crippen molar-refractivity contribution in [1.29, 1.82) is 0 Å². The van der Waals surface area contributed by atoms with Crippen LogP contribution in [0.2, 0.25) is 5.02 Å². The molecule has 200 valence electrons. The summed E-state index contributed by atoms with van der Waals surface area (Å²) in [6.45, 7) is 1.80. The number of carbonyl (C=O) groups excluding carboxylic acids is 1. The van der Waals surface area contributed by atoms with E-state index in [9.17, 15) is 17.6 Å². The van der Waals surface area contributed by atoms with E-state index in [0.717, 1.165) is 11.1 Å². The molecular weight excluding hydrogens is 547 g/mol. The van der Waals surface area contributed by atoms with Gasteiger partial charge in [-0.05, 0) is 68.0 Å². The summed E-state index contributed by atoms with van der Waals surface area (Å²) in [6.07, 6.45) is 3.68. The molecule has 0 radical (unpaired) electrons. The number of nitrogens with zero attached hydrogens (tertiary/aromatic N) is 3. The van der Waals surface area contributed by atoms with Gasteiger partial charge in [0, 0.05) is 6.07 Å². The number of ether oxygens (including phenoxy) is 1. The van der Waals surface area contributed by atoms with Crippen molar-refractivity contribution in [3.63, 3.8) is 0 Å².